The number of hydrogen-bond acceptors (Lipinski definition) is 8. The number of carbonyl (C=O) groups is 4. The Hall–Kier alpha value is -2.83. The Balaban J connectivity index is 3.10. The molecule has 3 amide bonds. The van der Waals surface area contributed by atoms with Crippen molar-refractivity contribution in [3.05, 3.63) is 29.8 Å². The van der Waals surface area contributed by atoms with Crippen molar-refractivity contribution in [1.82, 2.24) is 16.0 Å². The third-order valence-electron chi connectivity index (χ3n) is 5.45. The number of phenols is 1. The summed E-state index contributed by atoms with van der Waals surface area (Å²) in [5.41, 5.74) is 12.2. The molecule has 4 unspecified atom stereocenters. The Bertz CT molecular complexity index is 867. The minimum absolute atomic E-state index is 0.0524. The molecule has 202 valence electrons. The highest BCUT2D eigenvalue weighted by atomic mass is 32.1. The largest absolute Gasteiger partial charge is 0.508 e. The van der Waals surface area contributed by atoms with Crippen molar-refractivity contribution in [1.29, 1.82) is 0 Å². The molecule has 0 saturated carbocycles. The van der Waals surface area contributed by atoms with E-state index in [0.29, 0.717) is 31.4 Å². The first-order chi connectivity index (χ1) is 17.0. The number of thiol groups is 1. The molecule has 0 fully saturated rings. The van der Waals surface area contributed by atoms with Crippen LogP contribution in [0.25, 0.3) is 0 Å². The van der Waals surface area contributed by atoms with Gasteiger partial charge < -0.3 is 37.6 Å². The lowest BCUT2D eigenvalue weighted by Gasteiger charge is -2.25. The third kappa shape index (κ3) is 11.3. The minimum atomic E-state index is -1.25. The van der Waals surface area contributed by atoms with E-state index in [0.717, 1.165) is 0 Å². The molecule has 11 nitrogen and oxygen atoms in total. The highest BCUT2D eigenvalue weighted by molar-refractivity contribution is 7.80. The zero-order valence-electron chi connectivity index (χ0n) is 20.8. The Labute approximate surface area is 217 Å². The molecule has 0 aliphatic rings. The zero-order valence-corrected chi connectivity index (χ0v) is 21.7. The Morgan fingerprint density at radius 2 is 1.47 bits per heavy atom. The molecule has 0 bridgehead atoms. The molecule has 0 saturated heterocycles. The van der Waals surface area contributed by atoms with Gasteiger partial charge in [-0.25, -0.2) is 4.79 Å². The molecule has 0 aromatic heterocycles. The number of hydrogen-bond donors (Lipinski definition) is 8. The zero-order chi connectivity index (χ0) is 27.3. The highest BCUT2D eigenvalue weighted by Gasteiger charge is 2.30. The van der Waals surface area contributed by atoms with Gasteiger partial charge in [0.25, 0.3) is 0 Å². The average Bonchev–Trinajstić information content (AvgIpc) is 2.81. The minimum Gasteiger partial charge on any atom is -0.508 e. The van der Waals surface area contributed by atoms with E-state index in [2.05, 4.69) is 28.6 Å². The second-order valence-electron chi connectivity index (χ2n) is 9.10. The van der Waals surface area contributed by atoms with Gasteiger partial charge in [-0.05, 0) is 55.8 Å². The maximum absolute atomic E-state index is 13.3. The first-order valence-electron chi connectivity index (χ1n) is 12.0. The number of carbonyl (C=O) groups excluding carboxylic acids is 3. The van der Waals surface area contributed by atoms with E-state index < -0.39 is 47.9 Å². The molecule has 4 atom stereocenters. The highest BCUT2D eigenvalue weighted by Crippen LogP contribution is 2.13. The fraction of sp³-hybridized carbons (Fsp3) is 0.583. The number of aromatic hydroxyl groups is 1. The van der Waals surface area contributed by atoms with Crippen molar-refractivity contribution in [3.8, 4) is 5.75 Å². The number of carboxylic acid groups (broad SMARTS) is 1. The molecule has 1 aromatic rings. The summed E-state index contributed by atoms with van der Waals surface area (Å²) in [6.45, 7) is 4.24. The van der Waals surface area contributed by atoms with Gasteiger partial charge in [-0.3, -0.25) is 14.4 Å². The number of aliphatic carboxylic acids is 1. The van der Waals surface area contributed by atoms with Crippen LogP contribution in [-0.4, -0.2) is 70.4 Å². The molecule has 0 spiro atoms. The molecule has 1 rings (SSSR count). The summed E-state index contributed by atoms with van der Waals surface area (Å²) >= 11 is 3.95. The molecule has 0 aliphatic carbocycles. The smallest absolute Gasteiger partial charge is 0.327 e. The number of benzene rings is 1. The number of nitrogens with one attached hydrogen (secondary N) is 3. The van der Waals surface area contributed by atoms with E-state index in [4.69, 9.17) is 11.5 Å². The van der Waals surface area contributed by atoms with Crippen molar-refractivity contribution in [2.45, 2.75) is 70.1 Å². The van der Waals surface area contributed by atoms with Gasteiger partial charge in [0.15, 0.2) is 0 Å². The normalized spacial score (nSPS) is 14.4. The van der Waals surface area contributed by atoms with Gasteiger partial charge in [-0.2, -0.15) is 12.6 Å². The summed E-state index contributed by atoms with van der Waals surface area (Å²) in [5.74, 6) is -2.96. The van der Waals surface area contributed by atoms with E-state index in [-0.39, 0.29) is 30.3 Å². The molecule has 0 aliphatic heterocycles. The van der Waals surface area contributed by atoms with Crippen molar-refractivity contribution < 1.29 is 29.4 Å². The lowest BCUT2D eigenvalue weighted by Crippen LogP contribution is -2.57. The maximum atomic E-state index is 13.3. The molecule has 0 heterocycles. The summed E-state index contributed by atoms with van der Waals surface area (Å²) in [6, 6.07) is 2.00. The lowest BCUT2D eigenvalue weighted by atomic mass is 10.0. The lowest BCUT2D eigenvalue weighted by molar-refractivity contribution is -0.141. The van der Waals surface area contributed by atoms with Crippen molar-refractivity contribution in [2.75, 3.05) is 12.3 Å². The number of unbranched alkanes of at least 4 members (excludes halogenated alkanes) is 1. The quantitative estimate of drug-likeness (QED) is 0.108. The Morgan fingerprint density at radius 1 is 0.917 bits per heavy atom. The van der Waals surface area contributed by atoms with Crippen molar-refractivity contribution >= 4 is 36.3 Å². The van der Waals surface area contributed by atoms with Crippen LogP contribution in [-0.2, 0) is 25.6 Å². The molecule has 12 heteroatoms. The van der Waals surface area contributed by atoms with Crippen LogP contribution in [0.4, 0.5) is 0 Å². The standard InChI is InChI=1S/C24H39N5O6S/c1-14(2)11-17(26)21(31)28-19(12-15-6-8-16(30)9-7-15)23(33)27-18(5-3-4-10-25)22(32)29-20(13-36)24(34)35/h6-9,14,17-20,30,36H,3-5,10-13,25-26H2,1-2H3,(H,27,33)(H,28,31)(H,29,32)(H,34,35). The van der Waals surface area contributed by atoms with Crippen LogP contribution in [0, 0.1) is 5.92 Å². The topological polar surface area (TPSA) is 197 Å². The van der Waals surface area contributed by atoms with E-state index in [1.54, 1.807) is 12.1 Å². The number of amides is 3. The van der Waals surface area contributed by atoms with E-state index in [9.17, 15) is 29.4 Å². The van der Waals surface area contributed by atoms with Gasteiger partial charge in [-0.1, -0.05) is 26.0 Å². The summed E-state index contributed by atoms with van der Waals surface area (Å²) < 4.78 is 0. The van der Waals surface area contributed by atoms with Gasteiger partial charge in [0.1, 0.15) is 23.9 Å². The van der Waals surface area contributed by atoms with E-state index >= 15 is 0 Å². The molecule has 9 N–H and O–H groups in total. The number of rotatable bonds is 16. The molecule has 36 heavy (non-hydrogen) atoms. The first kappa shape index (κ1) is 31.2. The third-order valence-corrected chi connectivity index (χ3v) is 5.81. The predicted octanol–water partition coefficient (Wildman–Crippen LogP) is -0.0941. The van der Waals surface area contributed by atoms with Crippen molar-refractivity contribution in [3.63, 3.8) is 0 Å². The van der Waals surface area contributed by atoms with E-state index in [1.807, 2.05) is 13.8 Å². The van der Waals surface area contributed by atoms with Crippen LogP contribution in [0.3, 0.4) is 0 Å². The van der Waals surface area contributed by atoms with Gasteiger partial charge in [-0.15, -0.1) is 0 Å². The fourth-order valence-corrected chi connectivity index (χ4v) is 3.71. The van der Waals surface area contributed by atoms with Crippen LogP contribution in [0.15, 0.2) is 24.3 Å². The summed E-state index contributed by atoms with van der Waals surface area (Å²) in [4.78, 5) is 50.1. The number of nitrogens with two attached hydrogens (primary N) is 2. The van der Waals surface area contributed by atoms with Crippen LogP contribution in [0.1, 0.15) is 45.1 Å². The van der Waals surface area contributed by atoms with E-state index in [1.165, 1.54) is 12.1 Å². The SMILES string of the molecule is CC(C)CC(N)C(=O)NC(Cc1ccc(O)cc1)C(=O)NC(CCCCN)C(=O)NC(CS)C(=O)O. The van der Waals surface area contributed by atoms with Crippen LogP contribution in [0.5, 0.6) is 5.75 Å². The molecule has 1 aromatic carbocycles. The predicted molar refractivity (Wildman–Crippen MR) is 139 cm³/mol. The summed E-state index contributed by atoms with van der Waals surface area (Å²) in [6.07, 6.45) is 1.84. The van der Waals surface area contributed by atoms with Gasteiger partial charge >= 0.3 is 5.97 Å². The average molecular weight is 526 g/mol. The van der Waals surface area contributed by atoms with Crippen LogP contribution >= 0.6 is 12.6 Å². The molecular weight excluding hydrogens is 486 g/mol. The number of carboxylic acids is 1. The van der Waals surface area contributed by atoms with Crippen LogP contribution < -0.4 is 27.4 Å². The molecular formula is C24H39N5O6S. The maximum Gasteiger partial charge on any atom is 0.327 e. The van der Waals surface area contributed by atoms with Crippen molar-refractivity contribution in [2.24, 2.45) is 17.4 Å². The second kappa shape index (κ2) is 16.0. The molecule has 0 radical (unpaired) electrons. The monoisotopic (exact) mass is 525 g/mol. The number of phenolic OH excluding ortho intramolecular Hbond substituents is 1. The van der Waals surface area contributed by atoms with Gasteiger partial charge in [0.05, 0.1) is 6.04 Å². The van der Waals surface area contributed by atoms with Crippen LogP contribution in [0.2, 0.25) is 0 Å². The fourth-order valence-electron chi connectivity index (χ4n) is 3.46. The van der Waals surface area contributed by atoms with Gasteiger partial charge in [0.2, 0.25) is 17.7 Å². The summed E-state index contributed by atoms with van der Waals surface area (Å²) in [5, 5.41) is 26.5. The Morgan fingerprint density at radius 3 is 2.00 bits per heavy atom. The summed E-state index contributed by atoms with van der Waals surface area (Å²) in [7, 11) is 0. The Kier molecular flexibility index (Phi) is 13.9. The van der Waals surface area contributed by atoms with Gasteiger partial charge in [0, 0.05) is 12.2 Å². The second-order valence-corrected chi connectivity index (χ2v) is 9.46. The first-order valence-corrected chi connectivity index (χ1v) is 12.6.